The van der Waals surface area contributed by atoms with Crippen molar-refractivity contribution in [3.63, 3.8) is 0 Å². The van der Waals surface area contributed by atoms with E-state index in [-0.39, 0.29) is 0 Å². The van der Waals surface area contributed by atoms with Gasteiger partial charge in [-0.15, -0.1) is 0 Å². The molecule has 0 aliphatic carbocycles. The average molecular weight is 279 g/mol. The number of fused-ring (bicyclic) bond motifs is 2. The zero-order chi connectivity index (χ0) is 14.2. The van der Waals surface area contributed by atoms with Crippen LogP contribution in [0.15, 0.2) is 54.6 Å². The SMILES string of the molecule is Nc1cccc(N2CC3CC2CN3Cc2ccccc2)c1. The van der Waals surface area contributed by atoms with Crippen molar-refractivity contribution in [3.05, 3.63) is 60.2 Å². The molecule has 2 aliphatic heterocycles. The summed E-state index contributed by atoms with van der Waals surface area (Å²) in [6.45, 7) is 3.36. The molecule has 0 spiro atoms. The summed E-state index contributed by atoms with van der Waals surface area (Å²) < 4.78 is 0. The first kappa shape index (κ1) is 12.7. The van der Waals surface area contributed by atoms with E-state index in [2.05, 4.69) is 58.3 Å². The Labute approximate surface area is 126 Å². The molecule has 2 aromatic carbocycles. The predicted molar refractivity (Wildman–Crippen MR) is 87.2 cm³/mol. The third kappa shape index (κ3) is 2.38. The molecule has 2 saturated heterocycles. The van der Waals surface area contributed by atoms with Crippen LogP contribution in [-0.4, -0.2) is 30.1 Å². The highest BCUT2D eigenvalue weighted by atomic mass is 15.3. The van der Waals surface area contributed by atoms with Crippen molar-refractivity contribution in [2.75, 3.05) is 23.7 Å². The van der Waals surface area contributed by atoms with Crippen LogP contribution in [0, 0.1) is 0 Å². The van der Waals surface area contributed by atoms with Gasteiger partial charge in [-0.05, 0) is 30.2 Å². The lowest BCUT2D eigenvalue weighted by molar-refractivity contribution is 0.230. The molecule has 0 amide bonds. The lowest BCUT2D eigenvalue weighted by Crippen LogP contribution is -2.46. The maximum atomic E-state index is 5.92. The molecular weight excluding hydrogens is 258 g/mol. The molecule has 2 heterocycles. The van der Waals surface area contributed by atoms with Crippen molar-refractivity contribution in [2.45, 2.75) is 25.0 Å². The maximum absolute atomic E-state index is 5.92. The van der Waals surface area contributed by atoms with E-state index >= 15 is 0 Å². The van der Waals surface area contributed by atoms with Crippen molar-refractivity contribution in [2.24, 2.45) is 0 Å². The van der Waals surface area contributed by atoms with Crippen LogP contribution < -0.4 is 10.6 Å². The van der Waals surface area contributed by atoms with E-state index in [9.17, 15) is 0 Å². The monoisotopic (exact) mass is 279 g/mol. The Morgan fingerprint density at radius 1 is 0.952 bits per heavy atom. The minimum atomic E-state index is 0.639. The largest absolute Gasteiger partial charge is 0.399 e. The van der Waals surface area contributed by atoms with Gasteiger partial charge in [-0.1, -0.05) is 36.4 Å². The van der Waals surface area contributed by atoms with Gasteiger partial charge in [-0.3, -0.25) is 4.90 Å². The molecule has 2 fully saturated rings. The highest BCUT2D eigenvalue weighted by Gasteiger charge is 2.42. The Morgan fingerprint density at radius 2 is 1.81 bits per heavy atom. The van der Waals surface area contributed by atoms with Gasteiger partial charge < -0.3 is 10.6 Å². The van der Waals surface area contributed by atoms with Gasteiger partial charge >= 0.3 is 0 Å². The molecular formula is C18H21N3. The van der Waals surface area contributed by atoms with Gasteiger partial charge in [-0.25, -0.2) is 0 Å². The van der Waals surface area contributed by atoms with Crippen LogP contribution in [0.3, 0.4) is 0 Å². The van der Waals surface area contributed by atoms with E-state index < -0.39 is 0 Å². The predicted octanol–water partition coefficient (Wildman–Crippen LogP) is 2.73. The molecule has 2 unspecified atom stereocenters. The van der Waals surface area contributed by atoms with Crippen LogP contribution in [0.2, 0.25) is 0 Å². The Kier molecular flexibility index (Phi) is 3.08. The normalized spacial score (nSPS) is 24.7. The van der Waals surface area contributed by atoms with E-state index in [1.54, 1.807) is 0 Å². The molecule has 2 N–H and O–H groups in total. The second-order valence-corrected chi connectivity index (χ2v) is 6.21. The van der Waals surface area contributed by atoms with Crippen molar-refractivity contribution >= 4 is 11.4 Å². The van der Waals surface area contributed by atoms with Gasteiger partial charge in [0.1, 0.15) is 0 Å². The zero-order valence-corrected chi connectivity index (χ0v) is 12.2. The molecule has 2 bridgehead atoms. The number of likely N-dealkylation sites (tertiary alicyclic amines) is 1. The molecule has 108 valence electrons. The summed E-state index contributed by atoms with van der Waals surface area (Å²) in [4.78, 5) is 5.16. The standard InChI is InChI=1S/C18H21N3/c19-15-7-4-8-16(9-15)21-13-17-10-18(21)12-20(17)11-14-5-2-1-3-6-14/h1-9,17-18H,10-13,19H2. The number of rotatable bonds is 3. The van der Waals surface area contributed by atoms with Gasteiger partial charge in [0.2, 0.25) is 0 Å². The summed E-state index contributed by atoms with van der Waals surface area (Å²) in [6.07, 6.45) is 1.28. The van der Waals surface area contributed by atoms with Gasteiger partial charge in [0.05, 0.1) is 0 Å². The molecule has 21 heavy (non-hydrogen) atoms. The van der Waals surface area contributed by atoms with Gasteiger partial charge in [0.25, 0.3) is 0 Å². The topological polar surface area (TPSA) is 32.5 Å². The number of piperazine rings is 1. The first-order chi connectivity index (χ1) is 10.3. The molecule has 4 rings (SSSR count). The number of nitrogens with zero attached hydrogens (tertiary/aromatic N) is 2. The number of nitrogen functional groups attached to an aromatic ring is 1. The quantitative estimate of drug-likeness (QED) is 0.877. The Morgan fingerprint density at radius 3 is 2.52 bits per heavy atom. The van der Waals surface area contributed by atoms with Crippen LogP contribution in [0.5, 0.6) is 0 Å². The fourth-order valence-corrected chi connectivity index (χ4v) is 3.78. The van der Waals surface area contributed by atoms with Gasteiger partial charge in [0, 0.05) is 43.1 Å². The Balaban J connectivity index is 1.46. The molecule has 2 aliphatic rings. The summed E-state index contributed by atoms with van der Waals surface area (Å²) in [7, 11) is 0. The van der Waals surface area contributed by atoms with Crippen LogP contribution in [0.1, 0.15) is 12.0 Å². The Hall–Kier alpha value is -2.00. The summed E-state index contributed by atoms with van der Waals surface area (Å²) >= 11 is 0. The van der Waals surface area contributed by atoms with Crippen molar-refractivity contribution in [3.8, 4) is 0 Å². The minimum absolute atomic E-state index is 0.639. The highest BCUT2D eigenvalue weighted by Crippen LogP contribution is 2.35. The molecule has 2 aromatic rings. The maximum Gasteiger partial charge on any atom is 0.0433 e. The minimum Gasteiger partial charge on any atom is -0.399 e. The fourth-order valence-electron chi connectivity index (χ4n) is 3.78. The van der Waals surface area contributed by atoms with Crippen LogP contribution in [0.4, 0.5) is 11.4 Å². The molecule has 0 radical (unpaired) electrons. The third-order valence-electron chi connectivity index (χ3n) is 4.78. The number of hydrogen-bond acceptors (Lipinski definition) is 3. The lowest BCUT2D eigenvalue weighted by atomic mass is 10.2. The Bertz CT molecular complexity index is 625. The number of anilines is 2. The fraction of sp³-hybridized carbons (Fsp3) is 0.333. The summed E-state index contributed by atoms with van der Waals surface area (Å²) in [6, 6.07) is 20.4. The molecule has 2 atom stereocenters. The summed E-state index contributed by atoms with van der Waals surface area (Å²) in [5, 5.41) is 0. The van der Waals surface area contributed by atoms with E-state index in [4.69, 9.17) is 5.73 Å². The van der Waals surface area contributed by atoms with E-state index in [0.29, 0.717) is 12.1 Å². The zero-order valence-electron chi connectivity index (χ0n) is 12.2. The van der Waals surface area contributed by atoms with Crippen molar-refractivity contribution in [1.82, 2.24) is 4.90 Å². The number of benzene rings is 2. The van der Waals surface area contributed by atoms with Crippen LogP contribution in [0.25, 0.3) is 0 Å². The smallest absolute Gasteiger partial charge is 0.0433 e. The average Bonchev–Trinajstić information content (AvgIpc) is 3.08. The highest BCUT2D eigenvalue weighted by molar-refractivity contribution is 5.57. The van der Waals surface area contributed by atoms with E-state index in [1.165, 1.54) is 17.7 Å². The number of hydrogen-bond donors (Lipinski definition) is 1. The van der Waals surface area contributed by atoms with E-state index in [1.807, 2.05) is 6.07 Å². The van der Waals surface area contributed by atoms with Crippen LogP contribution in [-0.2, 0) is 6.54 Å². The second-order valence-electron chi connectivity index (χ2n) is 6.21. The van der Waals surface area contributed by atoms with Gasteiger partial charge in [-0.2, -0.15) is 0 Å². The van der Waals surface area contributed by atoms with Gasteiger partial charge in [0.15, 0.2) is 0 Å². The molecule has 0 aromatic heterocycles. The first-order valence-electron chi connectivity index (χ1n) is 7.70. The van der Waals surface area contributed by atoms with Crippen molar-refractivity contribution in [1.29, 1.82) is 0 Å². The second kappa shape index (κ2) is 5.08. The van der Waals surface area contributed by atoms with E-state index in [0.717, 1.165) is 25.3 Å². The van der Waals surface area contributed by atoms with Crippen LogP contribution >= 0.6 is 0 Å². The lowest BCUT2D eigenvalue weighted by Gasteiger charge is -2.35. The summed E-state index contributed by atoms with van der Waals surface area (Å²) in [5.74, 6) is 0. The number of nitrogens with two attached hydrogens (primary N) is 1. The molecule has 3 heteroatoms. The first-order valence-corrected chi connectivity index (χ1v) is 7.70. The summed E-state index contributed by atoms with van der Waals surface area (Å²) in [5.41, 5.74) is 9.47. The molecule has 3 nitrogen and oxygen atoms in total. The van der Waals surface area contributed by atoms with Crippen molar-refractivity contribution < 1.29 is 0 Å². The molecule has 0 saturated carbocycles. The third-order valence-corrected chi connectivity index (χ3v) is 4.78.